The van der Waals surface area contributed by atoms with E-state index in [9.17, 15) is 4.79 Å². The molecule has 1 heterocycles. The predicted octanol–water partition coefficient (Wildman–Crippen LogP) is 1.92. The second kappa shape index (κ2) is 7.25. The number of likely N-dealkylation sites (tertiary alicyclic amines) is 1. The number of piperidine rings is 1. The van der Waals surface area contributed by atoms with Gasteiger partial charge >= 0.3 is 0 Å². The van der Waals surface area contributed by atoms with Crippen molar-refractivity contribution >= 4 is 5.91 Å². The Morgan fingerprint density at radius 3 is 2.68 bits per heavy atom. The Bertz CT molecular complexity index is 290. The lowest BCUT2D eigenvalue weighted by molar-refractivity contribution is -0.137. The summed E-state index contributed by atoms with van der Waals surface area (Å²) < 4.78 is 5.40. The highest BCUT2D eigenvalue weighted by Gasteiger charge is 2.30. The van der Waals surface area contributed by atoms with Crippen molar-refractivity contribution in [3.8, 4) is 0 Å². The van der Waals surface area contributed by atoms with Crippen LogP contribution in [-0.2, 0) is 9.53 Å². The number of nitrogens with zero attached hydrogens (tertiary/aromatic N) is 1. The molecule has 0 radical (unpaired) electrons. The summed E-state index contributed by atoms with van der Waals surface area (Å²) >= 11 is 0. The summed E-state index contributed by atoms with van der Waals surface area (Å²) in [5, 5.41) is 0. The first-order valence-electron chi connectivity index (χ1n) is 7.77. The van der Waals surface area contributed by atoms with E-state index in [4.69, 9.17) is 10.5 Å². The quantitative estimate of drug-likeness (QED) is 0.829. The molecular weight excluding hydrogens is 240 g/mol. The van der Waals surface area contributed by atoms with Crippen LogP contribution in [0.5, 0.6) is 0 Å². The van der Waals surface area contributed by atoms with Crippen molar-refractivity contribution < 1.29 is 9.53 Å². The average molecular weight is 268 g/mol. The molecule has 0 aromatic rings. The lowest BCUT2D eigenvalue weighted by Gasteiger charge is -2.38. The van der Waals surface area contributed by atoms with Gasteiger partial charge in [0.25, 0.3) is 0 Å². The Hall–Kier alpha value is -0.610. The van der Waals surface area contributed by atoms with Crippen LogP contribution in [-0.4, -0.2) is 43.2 Å². The lowest BCUT2D eigenvalue weighted by Crippen LogP contribution is -2.51. The van der Waals surface area contributed by atoms with Crippen LogP contribution in [0.15, 0.2) is 0 Å². The van der Waals surface area contributed by atoms with Gasteiger partial charge in [-0.2, -0.15) is 0 Å². The zero-order valence-electron chi connectivity index (χ0n) is 12.1. The fourth-order valence-corrected chi connectivity index (χ4v) is 3.55. The number of rotatable bonds is 5. The Labute approximate surface area is 116 Å². The minimum atomic E-state index is 0.176. The summed E-state index contributed by atoms with van der Waals surface area (Å²) in [6.07, 6.45) is 9.22. The van der Waals surface area contributed by atoms with E-state index in [0.717, 1.165) is 31.7 Å². The molecule has 0 aromatic carbocycles. The summed E-state index contributed by atoms with van der Waals surface area (Å²) in [7, 11) is 1.75. The maximum atomic E-state index is 12.3. The van der Waals surface area contributed by atoms with Crippen LogP contribution in [0.25, 0.3) is 0 Å². The number of amides is 1. The van der Waals surface area contributed by atoms with E-state index in [1.807, 2.05) is 4.90 Å². The average Bonchev–Trinajstić information content (AvgIpc) is 2.97. The second-order valence-electron chi connectivity index (χ2n) is 6.05. The van der Waals surface area contributed by atoms with E-state index < -0.39 is 0 Å². The highest BCUT2D eigenvalue weighted by Crippen LogP contribution is 2.29. The van der Waals surface area contributed by atoms with Gasteiger partial charge in [0.15, 0.2) is 0 Å². The maximum Gasteiger partial charge on any atom is 0.222 e. The molecule has 1 saturated carbocycles. The molecule has 1 aliphatic heterocycles. The molecule has 1 saturated heterocycles. The van der Waals surface area contributed by atoms with Crippen molar-refractivity contribution in [3.63, 3.8) is 0 Å². The van der Waals surface area contributed by atoms with Crippen LogP contribution in [0.3, 0.4) is 0 Å². The third-order valence-electron chi connectivity index (χ3n) is 4.83. The highest BCUT2D eigenvalue weighted by atomic mass is 16.5. The third kappa shape index (κ3) is 3.93. The van der Waals surface area contributed by atoms with Crippen molar-refractivity contribution in [2.24, 2.45) is 11.7 Å². The molecule has 2 N–H and O–H groups in total. The number of carbonyl (C=O) groups is 1. The molecule has 0 aromatic heterocycles. The largest absolute Gasteiger partial charge is 0.381 e. The van der Waals surface area contributed by atoms with Gasteiger partial charge in [-0.1, -0.05) is 25.7 Å². The number of nitrogens with two attached hydrogens (primary N) is 1. The van der Waals surface area contributed by atoms with Crippen molar-refractivity contribution in [2.75, 3.05) is 20.2 Å². The molecule has 2 atom stereocenters. The molecule has 2 aliphatic rings. The standard InChI is InChI=1S/C15H28N2O2/c1-19-14-8-9-17(13(10-14)11-16)15(18)7-6-12-4-2-3-5-12/h12-14H,2-11,16H2,1H3. The second-order valence-corrected chi connectivity index (χ2v) is 6.05. The van der Waals surface area contributed by atoms with E-state index in [1.165, 1.54) is 25.7 Å². The summed E-state index contributed by atoms with van der Waals surface area (Å²) in [6.45, 7) is 1.36. The smallest absolute Gasteiger partial charge is 0.222 e. The van der Waals surface area contributed by atoms with Gasteiger partial charge in [0.1, 0.15) is 0 Å². The summed E-state index contributed by atoms with van der Waals surface area (Å²) in [5.41, 5.74) is 5.82. The maximum absolute atomic E-state index is 12.3. The zero-order chi connectivity index (χ0) is 13.7. The molecule has 4 nitrogen and oxygen atoms in total. The molecule has 1 aliphatic carbocycles. The van der Waals surface area contributed by atoms with Crippen molar-refractivity contribution in [1.82, 2.24) is 4.90 Å². The van der Waals surface area contributed by atoms with Crippen LogP contribution >= 0.6 is 0 Å². The molecule has 2 unspecified atom stereocenters. The number of carbonyl (C=O) groups excluding carboxylic acids is 1. The minimum Gasteiger partial charge on any atom is -0.381 e. The number of hydrogen-bond acceptors (Lipinski definition) is 3. The molecule has 2 fully saturated rings. The minimum absolute atomic E-state index is 0.176. The Morgan fingerprint density at radius 2 is 2.05 bits per heavy atom. The van der Waals surface area contributed by atoms with E-state index in [2.05, 4.69) is 0 Å². The highest BCUT2D eigenvalue weighted by molar-refractivity contribution is 5.76. The summed E-state index contributed by atoms with van der Waals surface area (Å²) in [6, 6.07) is 0.176. The monoisotopic (exact) mass is 268 g/mol. The van der Waals surface area contributed by atoms with Gasteiger partial charge in [-0.05, 0) is 25.2 Å². The van der Waals surface area contributed by atoms with E-state index in [1.54, 1.807) is 7.11 Å². The lowest BCUT2D eigenvalue weighted by atomic mass is 9.97. The Balaban J connectivity index is 1.79. The number of hydrogen-bond donors (Lipinski definition) is 1. The van der Waals surface area contributed by atoms with Gasteiger partial charge < -0.3 is 15.4 Å². The summed E-state index contributed by atoms with van der Waals surface area (Å²) in [4.78, 5) is 14.4. The van der Waals surface area contributed by atoms with Crippen LogP contribution < -0.4 is 5.73 Å². The van der Waals surface area contributed by atoms with Crippen molar-refractivity contribution in [3.05, 3.63) is 0 Å². The van der Waals surface area contributed by atoms with Crippen LogP contribution in [0, 0.1) is 5.92 Å². The van der Waals surface area contributed by atoms with Crippen molar-refractivity contribution in [1.29, 1.82) is 0 Å². The van der Waals surface area contributed by atoms with Crippen LogP contribution in [0.4, 0.5) is 0 Å². The zero-order valence-corrected chi connectivity index (χ0v) is 12.1. The first-order chi connectivity index (χ1) is 9.24. The van der Waals surface area contributed by atoms with Gasteiger partial charge in [0.05, 0.1) is 6.10 Å². The van der Waals surface area contributed by atoms with Gasteiger partial charge in [0, 0.05) is 32.7 Å². The summed E-state index contributed by atoms with van der Waals surface area (Å²) in [5.74, 6) is 1.09. The number of ether oxygens (including phenoxy) is 1. The topological polar surface area (TPSA) is 55.6 Å². The Kier molecular flexibility index (Phi) is 5.64. The van der Waals surface area contributed by atoms with Crippen LogP contribution in [0.1, 0.15) is 51.4 Å². The first-order valence-corrected chi connectivity index (χ1v) is 7.77. The third-order valence-corrected chi connectivity index (χ3v) is 4.83. The number of methoxy groups -OCH3 is 1. The van der Waals surface area contributed by atoms with Gasteiger partial charge in [-0.3, -0.25) is 4.79 Å². The molecule has 4 heteroatoms. The molecule has 110 valence electrons. The predicted molar refractivity (Wildman–Crippen MR) is 75.8 cm³/mol. The van der Waals surface area contributed by atoms with E-state index in [-0.39, 0.29) is 12.1 Å². The fraction of sp³-hybridized carbons (Fsp3) is 0.933. The SMILES string of the molecule is COC1CCN(C(=O)CCC2CCCC2)C(CN)C1. The van der Waals surface area contributed by atoms with Gasteiger partial charge in [-0.15, -0.1) is 0 Å². The molecule has 1 amide bonds. The fourth-order valence-electron chi connectivity index (χ4n) is 3.55. The van der Waals surface area contributed by atoms with E-state index in [0.29, 0.717) is 18.9 Å². The molecule has 0 spiro atoms. The van der Waals surface area contributed by atoms with Crippen LogP contribution in [0.2, 0.25) is 0 Å². The molecule has 0 bridgehead atoms. The molecule has 19 heavy (non-hydrogen) atoms. The molecular formula is C15H28N2O2. The first kappa shape index (κ1) is 14.8. The normalized spacial score (nSPS) is 28.8. The van der Waals surface area contributed by atoms with Gasteiger partial charge in [0.2, 0.25) is 5.91 Å². The van der Waals surface area contributed by atoms with Gasteiger partial charge in [-0.25, -0.2) is 0 Å². The van der Waals surface area contributed by atoms with E-state index >= 15 is 0 Å². The van der Waals surface area contributed by atoms with Crippen molar-refractivity contribution in [2.45, 2.75) is 63.5 Å². The molecule has 2 rings (SSSR count). The Morgan fingerprint density at radius 1 is 1.32 bits per heavy atom.